The number of thiazole rings is 1. The summed E-state index contributed by atoms with van der Waals surface area (Å²) in [6.45, 7) is 3.71. The number of guanidine groups is 1. The molecule has 0 amide bonds. The number of ether oxygens (including phenoxy) is 1. The molecule has 0 bridgehead atoms. The van der Waals surface area contributed by atoms with E-state index < -0.39 is 0 Å². The summed E-state index contributed by atoms with van der Waals surface area (Å²) < 4.78 is 5.36. The highest BCUT2D eigenvalue weighted by Gasteiger charge is 2.15. The average Bonchev–Trinajstić information content (AvgIpc) is 3.14. The van der Waals surface area contributed by atoms with Crippen LogP contribution in [0.1, 0.15) is 28.4 Å². The van der Waals surface area contributed by atoms with Crippen LogP contribution >= 0.6 is 35.3 Å². The first-order chi connectivity index (χ1) is 13.1. The summed E-state index contributed by atoms with van der Waals surface area (Å²) in [7, 11) is 7.65. The van der Waals surface area contributed by atoms with Crippen LogP contribution in [0.2, 0.25) is 0 Å². The number of nitrogens with zero attached hydrogens (tertiary/aromatic N) is 3. The van der Waals surface area contributed by atoms with Crippen LogP contribution in [-0.2, 0) is 12.8 Å². The monoisotopic (exact) mass is 517 g/mol. The number of nitrogens with one attached hydrogen (secondary N) is 2. The molecule has 0 aliphatic heterocycles. The molecule has 1 aromatic carbocycles. The minimum Gasteiger partial charge on any atom is -0.497 e. The number of aliphatic imine (C=N–C) groups is 1. The maximum Gasteiger partial charge on any atom is 0.191 e. The van der Waals surface area contributed by atoms with Crippen LogP contribution in [0.4, 0.5) is 0 Å². The molecule has 28 heavy (non-hydrogen) atoms. The molecule has 2 rings (SSSR count). The summed E-state index contributed by atoms with van der Waals surface area (Å²) >= 11 is 1.79. The lowest BCUT2D eigenvalue weighted by Gasteiger charge is -2.26. The van der Waals surface area contributed by atoms with Crippen molar-refractivity contribution in [1.82, 2.24) is 20.5 Å². The number of halogens is 1. The molecule has 156 valence electrons. The third kappa shape index (κ3) is 7.56. The molecule has 8 heteroatoms. The SMILES string of the molecule is CCc1cnc(CCNC(=NC)NCC(c2cccc(OC)c2)N(C)C)s1.I. The summed E-state index contributed by atoms with van der Waals surface area (Å²) in [6, 6.07) is 8.41. The van der Waals surface area contributed by atoms with Gasteiger partial charge in [0.25, 0.3) is 0 Å². The fourth-order valence-electron chi connectivity index (χ4n) is 2.78. The number of benzene rings is 1. The van der Waals surface area contributed by atoms with E-state index in [4.69, 9.17) is 4.74 Å². The number of rotatable bonds is 9. The predicted molar refractivity (Wildman–Crippen MR) is 129 cm³/mol. The highest BCUT2D eigenvalue weighted by atomic mass is 127. The molecular weight excluding hydrogens is 485 g/mol. The largest absolute Gasteiger partial charge is 0.497 e. The van der Waals surface area contributed by atoms with E-state index in [9.17, 15) is 0 Å². The maximum atomic E-state index is 5.36. The summed E-state index contributed by atoms with van der Waals surface area (Å²) in [4.78, 5) is 12.3. The van der Waals surface area contributed by atoms with Crippen molar-refractivity contribution in [2.45, 2.75) is 25.8 Å². The molecule has 0 radical (unpaired) electrons. The lowest BCUT2D eigenvalue weighted by atomic mass is 10.1. The Morgan fingerprint density at radius 3 is 2.71 bits per heavy atom. The van der Waals surface area contributed by atoms with E-state index in [1.165, 1.54) is 10.4 Å². The Morgan fingerprint density at radius 2 is 2.11 bits per heavy atom. The standard InChI is InChI=1S/C20H31N5OS.HI/c1-6-17-13-23-19(27-17)10-11-22-20(21-2)24-14-18(25(3)4)15-8-7-9-16(12-15)26-5;/h7-9,12-13,18H,6,10-11,14H2,1-5H3,(H2,21,22,24);1H. The maximum absolute atomic E-state index is 5.36. The topological polar surface area (TPSA) is 61.8 Å². The van der Waals surface area contributed by atoms with Gasteiger partial charge in [0.05, 0.1) is 18.2 Å². The molecule has 0 aliphatic carbocycles. The van der Waals surface area contributed by atoms with Crippen LogP contribution in [0.15, 0.2) is 35.5 Å². The van der Waals surface area contributed by atoms with Crippen molar-refractivity contribution in [3.05, 3.63) is 45.9 Å². The Balaban J connectivity index is 0.00000392. The predicted octanol–water partition coefficient (Wildman–Crippen LogP) is 3.34. The molecule has 2 N–H and O–H groups in total. The van der Waals surface area contributed by atoms with E-state index in [2.05, 4.69) is 58.7 Å². The van der Waals surface area contributed by atoms with Gasteiger partial charge in [0, 0.05) is 37.6 Å². The van der Waals surface area contributed by atoms with Crippen molar-refractivity contribution in [2.24, 2.45) is 4.99 Å². The van der Waals surface area contributed by atoms with E-state index in [0.29, 0.717) is 0 Å². The van der Waals surface area contributed by atoms with Crippen molar-refractivity contribution in [2.75, 3.05) is 41.3 Å². The van der Waals surface area contributed by atoms with Crippen molar-refractivity contribution >= 4 is 41.3 Å². The van der Waals surface area contributed by atoms with Gasteiger partial charge in [-0.25, -0.2) is 4.98 Å². The fourth-order valence-corrected chi connectivity index (χ4v) is 3.64. The van der Waals surface area contributed by atoms with Crippen LogP contribution in [0.3, 0.4) is 0 Å². The molecule has 0 saturated heterocycles. The van der Waals surface area contributed by atoms with Gasteiger partial charge in [0.1, 0.15) is 5.75 Å². The molecule has 6 nitrogen and oxygen atoms in total. The van der Waals surface area contributed by atoms with Gasteiger partial charge in [-0.1, -0.05) is 19.1 Å². The number of aromatic nitrogens is 1. The van der Waals surface area contributed by atoms with E-state index in [-0.39, 0.29) is 30.0 Å². The Morgan fingerprint density at radius 1 is 1.32 bits per heavy atom. The first kappa shape index (κ1) is 24.6. The van der Waals surface area contributed by atoms with Gasteiger partial charge in [-0.3, -0.25) is 4.99 Å². The first-order valence-electron chi connectivity index (χ1n) is 9.25. The summed E-state index contributed by atoms with van der Waals surface area (Å²) in [6.07, 6.45) is 3.92. The third-order valence-corrected chi connectivity index (χ3v) is 5.57. The number of hydrogen-bond donors (Lipinski definition) is 2. The molecule has 1 heterocycles. The second-order valence-electron chi connectivity index (χ2n) is 6.46. The van der Waals surface area contributed by atoms with E-state index in [1.807, 2.05) is 18.3 Å². The van der Waals surface area contributed by atoms with Crippen LogP contribution in [0, 0.1) is 0 Å². The zero-order valence-electron chi connectivity index (χ0n) is 17.4. The smallest absolute Gasteiger partial charge is 0.191 e. The van der Waals surface area contributed by atoms with E-state index >= 15 is 0 Å². The number of methoxy groups -OCH3 is 1. The van der Waals surface area contributed by atoms with Gasteiger partial charge < -0.3 is 20.3 Å². The molecule has 0 aliphatic rings. The first-order valence-corrected chi connectivity index (χ1v) is 10.1. The molecule has 2 aromatic rings. The van der Waals surface area contributed by atoms with Gasteiger partial charge in [-0.15, -0.1) is 35.3 Å². The zero-order chi connectivity index (χ0) is 19.6. The van der Waals surface area contributed by atoms with Gasteiger partial charge in [0.15, 0.2) is 5.96 Å². The highest BCUT2D eigenvalue weighted by Crippen LogP contribution is 2.22. The molecule has 0 saturated carbocycles. The normalized spacial score (nSPS) is 12.4. The Labute approximate surface area is 189 Å². The quantitative estimate of drug-likeness (QED) is 0.304. The van der Waals surface area contributed by atoms with Crippen molar-refractivity contribution in [3.63, 3.8) is 0 Å². The molecule has 1 aromatic heterocycles. The van der Waals surface area contributed by atoms with Crippen LogP contribution in [-0.4, -0.2) is 57.2 Å². The Bertz CT molecular complexity index is 735. The Kier molecular flexibility index (Phi) is 11.4. The molecular formula is C20H32IN5OS. The fraction of sp³-hybridized carbons (Fsp3) is 0.500. The van der Waals surface area contributed by atoms with Crippen molar-refractivity contribution in [1.29, 1.82) is 0 Å². The van der Waals surface area contributed by atoms with E-state index in [1.54, 1.807) is 25.5 Å². The average molecular weight is 517 g/mol. The highest BCUT2D eigenvalue weighted by molar-refractivity contribution is 14.0. The summed E-state index contributed by atoms with van der Waals surface area (Å²) in [5, 5.41) is 7.97. The lowest BCUT2D eigenvalue weighted by molar-refractivity contribution is 0.297. The lowest BCUT2D eigenvalue weighted by Crippen LogP contribution is -2.42. The van der Waals surface area contributed by atoms with Crippen LogP contribution in [0.5, 0.6) is 5.75 Å². The Hall–Kier alpha value is -1.39. The summed E-state index contributed by atoms with van der Waals surface area (Å²) in [5.74, 6) is 1.67. The van der Waals surface area contributed by atoms with Crippen LogP contribution in [0.25, 0.3) is 0 Å². The zero-order valence-corrected chi connectivity index (χ0v) is 20.5. The van der Waals surface area contributed by atoms with Gasteiger partial charge >= 0.3 is 0 Å². The van der Waals surface area contributed by atoms with Crippen molar-refractivity contribution < 1.29 is 4.74 Å². The molecule has 1 unspecified atom stereocenters. The van der Waals surface area contributed by atoms with Crippen LogP contribution < -0.4 is 15.4 Å². The van der Waals surface area contributed by atoms with E-state index in [0.717, 1.165) is 42.6 Å². The number of aryl methyl sites for hydroxylation is 1. The number of likely N-dealkylation sites (N-methyl/N-ethyl adjacent to an activating group) is 1. The van der Waals surface area contributed by atoms with Gasteiger partial charge in [0.2, 0.25) is 0 Å². The second kappa shape index (κ2) is 12.9. The molecule has 1 atom stereocenters. The van der Waals surface area contributed by atoms with Gasteiger partial charge in [-0.05, 0) is 38.2 Å². The van der Waals surface area contributed by atoms with Gasteiger partial charge in [-0.2, -0.15) is 0 Å². The minimum absolute atomic E-state index is 0. The van der Waals surface area contributed by atoms with Crippen molar-refractivity contribution in [3.8, 4) is 5.75 Å². The molecule has 0 fully saturated rings. The molecule has 0 spiro atoms. The number of hydrogen-bond acceptors (Lipinski definition) is 5. The second-order valence-corrected chi connectivity index (χ2v) is 7.66. The third-order valence-electron chi connectivity index (χ3n) is 4.37. The summed E-state index contributed by atoms with van der Waals surface area (Å²) in [5.41, 5.74) is 1.21. The minimum atomic E-state index is 0.